The van der Waals surface area contributed by atoms with Gasteiger partial charge in [-0.2, -0.15) is 5.10 Å². The third-order valence-corrected chi connectivity index (χ3v) is 5.21. The van der Waals surface area contributed by atoms with E-state index in [1.54, 1.807) is 0 Å². The second-order valence-electron chi connectivity index (χ2n) is 7.28. The average Bonchev–Trinajstić information content (AvgIpc) is 2.63. The maximum atomic E-state index is 12.1. The molecule has 0 radical (unpaired) electrons. The topological polar surface area (TPSA) is 78.1 Å². The standard InChI is InChI=1S/C20H26N4O2/c1-14-13-24(2)12-11-16(14)6-3-15-4-7-17(8-5-15)21-20(26)18-9-10-19(25)23-22-18/h4-5,7-10,14,16H,3,6,11-13H2,1-2H3,(H,21,26)(H,23,25). The summed E-state index contributed by atoms with van der Waals surface area (Å²) in [5.41, 5.74) is 1.87. The highest BCUT2D eigenvalue weighted by molar-refractivity contribution is 6.02. The fourth-order valence-electron chi connectivity index (χ4n) is 3.60. The van der Waals surface area contributed by atoms with Gasteiger partial charge in [-0.25, -0.2) is 5.10 Å². The zero-order valence-corrected chi connectivity index (χ0v) is 15.4. The van der Waals surface area contributed by atoms with Crippen LogP contribution in [0.1, 0.15) is 35.8 Å². The van der Waals surface area contributed by atoms with Crippen LogP contribution in [0.25, 0.3) is 0 Å². The van der Waals surface area contributed by atoms with E-state index in [1.165, 1.54) is 43.6 Å². The van der Waals surface area contributed by atoms with E-state index in [0.29, 0.717) is 0 Å². The second kappa shape index (κ2) is 8.27. The Labute approximate surface area is 153 Å². The van der Waals surface area contributed by atoms with Gasteiger partial charge in [-0.3, -0.25) is 9.59 Å². The maximum absolute atomic E-state index is 12.1. The Kier molecular flexibility index (Phi) is 5.83. The number of anilines is 1. The lowest BCUT2D eigenvalue weighted by atomic mass is 9.83. The molecule has 1 aromatic heterocycles. The van der Waals surface area contributed by atoms with Crippen LogP contribution in [0.4, 0.5) is 5.69 Å². The van der Waals surface area contributed by atoms with Gasteiger partial charge in [-0.05, 0) is 68.5 Å². The number of aromatic nitrogens is 2. The Morgan fingerprint density at radius 3 is 2.69 bits per heavy atom. The molecule has 0 bridgehead atoms. The quantitative estimate of drug-likeness (QED) is 0.865. The van der Waals surface area contributed by atoms with Gasteiger partial charge in [0, 0.05) is 18.3 Å². The number of hydrogen-bond donors (Lipinski definition) is 2. The molecule has 1 aliphatic heterocycles. The van der Waals surface area contributed by atoms with Crippen molar-refractivity contribution in [3.8, 4) is 0 Å². The molecular formula is C20H26N4O2. The van der Waals surface area contributed by atoms with Gasteiger partial charge in [0.2, 0.25) is 0 Å². The lowest BCUT2D eigenvalue weighted by molar-refractivity contribution is 0.102. The largest absolute Gasteiger partial charge is 0.321 e. The zero-order valence-electron chi connectivity index (χ0n) is 15.4. The Morgan fingerprint density at radius 1 is 1.27 bits per heavy atom. The smallest absolute Gasteiger partial charge is 0.276 e. The summed E-state index contributed by atoms with van der Waals surface area (Å²) in [6.45, 7) is 4.73. The van der Waals surface area contributed by atoms with Crippen LogP contribution >= 0.6 is 0 Å². The molecule has 1 saturated heterocycles. The molecule has 138 valence electrons. The molecule has 2 atom stereocenters. The number of rotatable bonds is 5. The predicted molar refractivity (Wildman–Crippen MR) is 102 cm³/mol. The van der Waals surface area contributed by atoms with E-state index in [4.69, 9.17) is 0 Å². The lowest BCUT2D eigenvalue weighted by Crippen LogP contribution is -2.36. The zero-order chi connectivity index (χ0) is 18.5. The summed E-state index contributed by atoms with van der Waals surface area (Å²) in [6, 6.07) is 10.7. The van der Waals surface area contributed by atoms with Crippen LogP contribution in [0.15, 0.2) is 41.2 Å². The van der Waals surface area contributed by atoms with Gasteiger partial charge in [0.1, 0.15) is 5.69 Å². The number of benzene rings is 1. The van der Waals surface area contributed by atoms with E-state index in [1.807, 2.05) is 12.1 Å². The van der Waals surface area contributed by atoms with Crippen LogP contribution in [-0.2, 0) is 6.42 Å². The summed E-state index contributed by atoms with van der Waals surface area (Å²) in [4.78, 5) is 25.5. The molecule has 2 unspecified atom stereocenters. The van der Waals surface area contributed by atoms with Gasteiger partial charge in [0.05, 0.1) is 0 Å². The molecule has 6 heteroatoms. The van der Waals surface area contributed by atoms with E-state index in [0.717, 1.165) is 23.9 Å². The number of carbonyl (C=O) groups excluding carboxylic acids is 1. The molecule has 0 saturated carbocycles. The molecule has 1 amide bonds. The fraction of sp³-hybridized carbons (Fsp3) is 0.450. The summed E-state index contributed by atoms with van der Waals surface area (Å²) in [6.07, 6.45) is 3.55. The lowest BCUT2D eigenvalue weighted by Gasteiger charge is -2.34. The van der Waals surface area contributed by atoms with Gasteiger partial charge in [-0.15, -0.1) is 0 Å². The summed E-state index contributed by atoms with van der Waals surface area (Å²) in [7, 11) is 2.20. The summed E-state index contributed by atoms with van der Waals surface area (Å²) in [5, 5.41) is 8.79. The molecule has 2 heterocycles. The van der Waals surface area contributed by atoms with Gasteiger partial charge < -0.3 is 10.2 Å². The Morgan fingerprint density at radius 2 is 2.04 bits per heavy atom. The van der Waals surface area contributed by atoms with Crippen LogP contribution in [-0.4, -0.2) is 41.1 Å². The monoisotopic (exact) mass is 354 g/mol. The Hall–Kier alpha value is -2.47. The first kappa shape index (κ1) is 18.3. The minimum atomic E-state index is -0.339. The maximum Gasteiger partial charge on any atom is 0.276 e. The number of aryl methyl sites for hydroxylation is 1. The molecule has 2 N–H and O–H groups in total. The number of aromatic amines is 1. The normalized spacial score (nSPS) is 20.7. The van der Waals surface area contributed by atoms with Crippen LogP contribution in [0.2, 0.25) is 0 Å². The van der Waals surface area contributed by atoms with Crippen LogP contribution < -0.4 is 10.9 Å². The SMILES string of the molecule is CC1CN(C)CCC1CCc1ccc(NC(=O)c2ccc(=O)[nH]n2)cc1. The summed E-state index contributed by atoms with van der Waals surface area (Å²) >= 11 is 0. The number of piperidine rings is 1. The van der Waals surface area contributed by atoms with Gasteiger partial charge in [-0.1, -0.05) is 19.1 Å². The summed E-state index contributed by atoms with van der Waals surface area (Å²) < 4.78 is 0. The third kappa shape index (κ3) is 4.79. The average molecular weight is 354 g/mol. The molecule has 26 heavy (non-hydrogen) atoms. The highest BCUT2D eigenvalue weighted by Gasteiger charge is 2.23. The molecule has 2 aromatic rings. The predicted octanol–water partition coefficient (Wildman–Crippen LogP) is 2.54. The Bertz CT molecular complexity index is 780. The van der Waals surface area contributed by atoms with Crippen molar-refractivity contribution in [3.63, 3.8) is 0 Å². The molecule has 0 spiro atoms. The number of hydrogen-bond acceptors (Lipinski definition) is 4. The highest BCUT2D eigenvalue weighted by atomic mass is 16.2. The van der Waals surface area contributed by atoms with E-state index >= 15 is 0 Å². The highest BCUT2D eigenvalue weighted by Crippen LogP contribution is 2.27. The van der Waals surface area contributed by atoms with Crippen molar-refractivity contribution in [1.29, 1.82) is 0 Å². The number of amides is 1. The molecule has 6 nitrogen and oxygen atoms in total. The molecule has 3 rings (SSSR count). The molecule has 1 aromatic carbocycles. The van der Waals surface area contributed by atoms with Gasteiger partial charge in [0.15, 0.2) is 0 Å². The first-order valence-electron chi connectivity index (χ1n) is 9.16. The van der Waals surface area contributed by atoms with Crippen molar-refractivity contribution in [2.45, 2.75) is 26.2 Å². The first-order chi connectivity index (χ1) is 12.5. The van der Waals surface area contributed by atoms with Gasteiger partial charge >= 0.3 is 0 Å². The molecule has 0 aliphatic carbocycles. The Balaban J connectivity index is 1.52. The number of nitrogens with zero attached hydrogens (tertiary/aromatic N) is 2. The second-order valence-corrected chi connectivity index (χ2v) is 7.28. The van der Waals surface area contributed by atoms with E-state index in [2.05, 4.69) is 46.5 Å². The minimum absolute atomic E-state index is 0.185. The number of H-pyrrole nitrogens is 1. The van der Waals surface area contributed by atoms with Crippen molar-refractivity contribution in [1.82, 2.24) is 15.1 Å². The molecule has 1 aliphatic rings. The number of nitrogens with one attached hydrogen (secondary N) is 2. The van der Waals surface area contributed by atoms with E-state index < -0.39 is 0 Å². The van der Waals surface area contributed by atoms with Crippen molar-refractivity contribution >= 4 is 11.6 Å². The van der Waals surface area contributed by atoms with Crippen molar-refractivity contribution in [3.05, 3.63) is 58.0 Å². The summed E-state index contributed by atoms with van der Waals surface area (Å²) in [5.74, 6) is 1.20. The minimum Gasteiger partial charge on any atom is -0.321 e. The van der Waals surface area contributed by atoms with Crippen molar-refractivity contribution < 1.29 is 4.79 Å². The third-order valence-electron chi connectivity index (χ3n) is 5.21. The van der Waals surface area contributed by atoms with Gasteiger partial charge in [0.25, 0.3) is 11.5 Å². The first-order valence-corrected chi connectivity index (χ1v) is 9.16. The fourth-order valence-corrected chi connectivity index (χ4v) is 3.60. The van der Waals surface area contributed by atoms with Crippen molar-refractivity contribution in [2.75, 3.05) is 25.5 Å². The number of carbonyl (C=O) groups is 1. The van der Waals surface area contributed by atoms with Crippen LogP contribution in [0.3, 0.4) is 0 Å². The van der Waals surface area contributed by atoms with Crippen LogP contribution in [0, 0.1) is 11.8 Å². The number of likely N-dealkylation sites (tertiary alicyclic amines) is 1. The van der Waals surface area contributed by atoms with Crippen molar-refractivity contribution in [2.24, 2.45) is 11.8 Å². The molecular weight excluding hydrogens is 328 g/mol. The van der Waals surface area contributed by atoms with E-state index in [-0.39, 0.29) is 17.2 Å². The molecule has 1 fully saturated rings. The van der Waals surface area contributed by atoms with E-state index in [9.17, 15) is 9.59 Å². The van der Waals surface area contributed by atoms with Crippen LogP contribution in [0.5, 0.6) is 0 Å².